The number of halogens is 1. The molecule has 0 spiro atoms. The third-order valence-corrected chi connectivity index (χ3v) is 5.44. The van der Waals surface area contributed by atoms with Gasteiger partial charge in [-0.05, 0) is 51.0 Å². The van der Waals surface area contributed by atoms with Gasteiger partial charge in [0.1, 0.15) is 6.10 Å². The minimum atomic E-state index is 0. The number of likely N-dealkylation sites (tertiary alicyclic amines) is 1. The SMILES string of the molecule is CCOC1CCN(C(=NC)NCc2ccc(OC3CCCCC3)nc2)CC1.I. The average Bonchev–Trinajstić information content (AvgIpc) is 2.72. The number of hydrogen-bond acceptors (Lipinski definition) is 4. The van der Waals surface area contributed by atoms with Crippen LogP contribution in [0, 0.1) is 0 Å². The van der Waals surface area contributed by atoms with E-state index in [4.69, 9.17) is 9.47 Å². The van der Waals surface area contributed by atoms with Crippen LogP contribution < -0.4 is 10.1 Å². The number of hydrogen-bond donors (Lipinski definition) is 1. The maximum Gasteiger partial charge on any atom is 0.213 e. The van der Waals surface area contributed by atoms with Crippen molar-refractivity contribution in [3.63, 3.8) is 0 Å². The second-order valence-corrected chi connectivity index (χ2v) is 7.43. The van der Waals surface area contributed by atoms with E-state index >= 15 is 0 Å². The van der Waals surface area contributed by atoms with E-state index in [1.54, 1.807) is 0 Å². The van der Waals surface area contributed by atoms with Crippen molar-refractivity contribution in [2.75, 3.05) is 26.7 Å². The fourth-order valence-corrected chi connectivity index (χ4v) is 3.92. The molecule has 1 aromatic heterocycles. The molecule has 2 heterocycles. The van der Waals surface area contributed by atoms with E-state index in [0.717, 1.165) is 69.3 Å². The van der Waals surface area contributed by atoms with Crippen LogP contribution in [-0.4, -0.2) is 54.8 Å². The summed E-state index contributed by atoms with van der Waals surface area (Å²) in [5.74, 6) is 1.69. The third kappa shape index (κ3) is 7.06. The molecular formula is C21H35IN4O2. The van der Waals surface area contributed by atoms with E-state index in [1.165, 1.54) is 19.3 Å². The standard InChI is InChI=1S/C21H34N4O2.HI/c1-3-26-18-11-13-25(14-12-18)21(22-2)24-16-17-9-10-20(23-15-17)27-19-7-5-4-6-8-19;/h9-10,15,18-19H,3-8,11-14,16H2,1-2H3,(H,22,24);1H. The number of guanidine groups is 1. The first-order valence-corrected chi connectivity index (χ1v) is 10.5. The first kappa shape index (κ1) is 23.2. The van der Waals surface area contributed by atoms with Crippen molar-refractivity contribution in [1.82, 2.24) is 15.2 Å². The van der Waals surface area contributed by atoms with E-state index in [-0.39, 0.29) is 24.0 Å². The Kier molecular flexibility index (Phi) is 10.3. The van der Waals surface area contributed by atoms with Crippen molar-refractivity contribution in [2.45, 2.75) is 70.6 Å². The van der Waals surface area contributed by atoms with Crippen LogP contribution in [0.2, 0.25) is 0 Å². The maximum absolute atomic E-state index is 6.01. The number of aromatic nitrogens is 1. The predicted molar refractivity (Wildman–Crippen MR) is 124 cm³/mol. The highest BCUT2D eigenvalue weighted by atomic mass is 127. The van der Waals surface area contributed by atoms with E-state index in [2.05, 4.69) is 33.2 Å². The van der Waals surface area contributed by atoms with Crippen LogP contribution >= 0.6 is 24.0 Å². The van der Waals surface area contributed by atoms with Crippen LogP contribution in [0.1, 0.15) is 57.4 Å². The number of nitrogens with one attached hydrogen (secondary N) is 1. The van der Waals surface area contributed by atoms with Gasteiger partial charge in [0, 0.05) is 45.6 Å². The zero-order chi connectivity index (χ0) is 18.9. The van der Waals surface area contributed by atoms with Gasteiger partial charge in [0.25, 0.3) is 0 Å². The van der Waals surface area contributed by atoms with Crippen molar-refractivity contribution in [1.29, 1.82) is 0 Å². The molecule has 0 bridgehead atoms. The number of ether oxygens (including phenoxy) is 2. The molecule has 1 aromatic rings. The quantitative estimate of drug-likeness (QED) is 0.362. The predicted octanol–water partition coefficient (Wildman–Crippen LogP) is 3.99. The molecule has 7 heteroatoms. The summed E-state index contributed by atoms with van der Waals surface area (Å²) in [7, 11) is 1.84. The second kappa shape index (κ2) is 12.5. The lowest BCUT2D eigenvalue weighted by Crippen LogP contribution is -2.46. The normalized spacial score (nSPS) is 19.2. The van der Waals surface area contributed by atoms with Crippen LogP contribution in [0.4, 0.5) is 0 Å². The molecule has 1 aliphatic heterocycles. The number of aliphatic imine (C=N–C) groups is 1. The lowest BCUT2D eigenvalue weighted by molar-refractivity contribution is 0.0263. The lowest BCUT2D eigenvalue weighted by Gasteiger charge is -2.34. The third-order valence-electron chi connectivity index (χ3n) is 5.44. The van der Waals surface area contributed by atoms with E-state index in [9.17, 15) is 0 Å². The molecule has 3 rings (SSSR count). The lowest BCUT2D eigenvalue weighted by atomic mass is 9.98. The van der Waals surface area contributed by atoms with Gasteiger partial charge in [0.05, 0.1) is 6.10 Å². The Morgan fingerprint density at radius 3 is 2.50 bits per heavy atom. The Morgan fingerprint density at radius 1 is 1.14 bits per heavy atom. The molecule has 1 aliphatic carbocycles. The summed E-state index contributed by atoms with van der Waals surface area (Å²) in [6.07, 6.45) is 10.9. The molecule has 0 radical (unpaired) electrons. The number of pyridine rings is 1. The summed E-state index contributed by atoms with van der Waals surface area (Å²) in [4.78, 5) is 11.2. The molecule has 158 valence electrons. The van der Waals surface area contributed by atoms with Crippen LogP contribution in [0.5, 0.6) is 5.88 Å². The monoisotopic (exact) mass is 502 g/mol. The van der Waals surface area contributed by atoms with Crippen LogP contribution in [0.3, 0.4) is 0 Å². The Morgan fingerprint density at radius 2 is 1.89 bits per heavy atom. The summed E-state index contributed by atoms with van der Waals surface area (Å²) in [6, 6.07) is 4.08. The molecule has 0 atom stereocenters. The Balaban J connectivity index is 0.00000280. The van der Waals surface area contributed by atoms with Crippen LogP contribution in [0.15, 0.2) is 23.3 Å². The number of piperidine rings is 1. The summed E-state index contributed by atoms with van der Waals surface area (Å²) in [5, 5.41) is 3.46. The Bertz CT molecular complexity index is 583. The Hall–Kier alpha value is -1.09. The summed E-state index contributed by atoms with van der Waals surface area (Å²) in [6.45, 7) is 5.54. The van der Waals surface area contributed by atoms with Gasteiger partial charge in [-0.25, -0.2) is 4.98 Å². The van der Waals surface area contributed by atoms with Crippen molar-refractivity contribution in [2.24, 2.45) is 4.99 Å². The van der Waals surface area contributed by atoms with Crippen LogP contribution in [0.25, 0.3) is 0 Å². The highest BCUT2D eigenvalue weighted by Crippen LogP contribution is 2.22. The molecule has 0 unspecified atom stereocenters. The second-order valence-electron chi connectivity index (χ2n) is 7.43. The first-order chi connectivity index (χ1) is 13.3. The fraction of sp³-hybridized carbons (Fsp3) is 0.714. The highest BCUT2D eigenvalue weighted by molar-refractivity contribution is 14.0. The molecule has 2 fully saturated rings. The number of nitrogens with zero attached hydrogens (tertiary/aromatic N) is 3. The largest absolute Gasteiger partial charge is 0.474 e. The van der Waals surface area contributed by atoms with Gasteiger partial charge in [-0.15, -0.1) is 24.0 Å². The highest BCUT2D eigenvalue weighted by Gasteiger charge is 2.21. The van der Waals surface area contributed by atoms with Gasteiger partial charge in [0.15, 0.2) is 5.96 Å². The zero-order valence-electron chi connectivity index (χ0n) is 17.2. The van der Waals surface area contributed by atoms with Crippen molar-refractivity contribution in [3.8, 4) is 5.88 Å². The zero-order valence-corrected chi connectivity index (χ0v) is 19.6. The molecule has 28 heavy (non-hydrogen) atoms. The Labute approximate surface area is 186 Å². The molecule has 1 saturated carbocycles. The average molecular weight is 502 g/mol. The van der Waals surface area contributed by atoms with Gasteiger partial charge in [0.2, 0.25) is 5.88 Å². The molecule has 2 aliphatic rings. The molecular weight excluding hydrogens is 467 g/mol. The smallest absolute Gasteiger partial charge is 0.213 e. The van der Waals surface area contributed by atoms with Gasteiger partial charge in [-0.1, -0.05) is 12.5 Å². The summed E-state index contributed by atoms with van der Waals surface area (Å²) in [5.41, 5.74) is 1.14. The molecule has 0 amide bonds. The van der Waals surface area contributed by atoms with Crippen molar-refractivity contribution < 1.29 is 9.47 Å². The number of rotatable bonds is 6. The van der Waals surface area contributed by atoms with E-state index in [1.807, 2.05) is 19.3 Å². The first-order valence-electron chi connectivity index (χ1n) is 10.5. The minimum Gasteiger partial charge on any atom is -0.474 e. The molecule has 1 N–H and O–H groups in total. The fourth-order valence-electron chi connectivity index (χ4n) is 3.92. The molecule has 0 aromatic carbocycles. The van der Waals surface area contributed by atoms with Gasteiger partial charge < -0.3 is 19.7 Å². The molecule has 1 saturated heterocycles. The summed E-state index contributed by atoms with van der Waals surface area (Å²) < 4.78 is 11.7. The summed E-state index contributed by atoms with van der Waals surface area (Å²) >= 11 is 0. The van der Waals surface area contributed by atoms with Crippen molar-refractivity contribution in [3.05, 3.63) is 23.9 Å². The maximum atomic E-state index is 6.01. The van der Waals surface area contributed by atoms with Crippen molar-refractivity contribution >= 4 is 29.9 Å². The van der Waals surface area contributed by atoms with Gasteiger partial charge >= 0.3 is 0 Å². The van der Waals surface area contributed by atoms with E-state index in [0.29, 0.717) is 12.2 Å². The van der Waals surface area contributed by atoms with Gasteiger partial charge in [-0.2, -0.15) is 0 Å². The topological polar surface area (TPSA) is 59.0 Å². The molecule has 6 nitrogen and oxygen atoms in total. The minimum absolute atomic E-state index is 0. The van der Waals surface area contributed by atoms with Gasteiger partial charge in [-0.3, -0.25) is 4.99 Å². The van der Waals surface area contributed by atoms with Crippen LogP contribution in [-0.2, 0) is 11.3 Å². The van der Waals surface area contributed by atoms with E-state index < -0.39 is 0 Å².